The summed E-state index contributed by atoms with van der Waals surface area (Å²) in [7, 11) is 1.55. The molecule has 0 radical (unpaired) electrons. The van der Waals surface area contributed by atoms with Crippen LogP contribution in [0.1, 0.15) is 63.0 Å². The maximum Gasteiger partial charge on any atom is 0.242 e. The van der Waals surface area contributed by atoms with Gasteiger partial charge in [0.2, 0.25) is 11.8 Å². The van der Waals surface area contributed by atoms with Gasteiger partial charge in [-0.25, -0.2) is 4.39 Å². The van der Waals surface area contributed by atoms with Crippen LogP contribution in [0.25, 0.3) is 11.0 Å². The monoisotopic (exact) mass is 538 g/mol. The van der Waals surface area contributed by atoms with Gasteiger partial charge in [-0.2, -0.15) is 0 Å². The number of rotatable bonds is 16. The summed E-state index contributed by atoms with van der Waals surface area (Å²) >= 11 is 0. The van der Waals surface area contributed by atoms with E-state index in [1.807, 2.05) is 0 Å². The standard InChI is InChI=1S/C31H39FN2O5/c1-3-4-5-6-7-8-13-29(35)33(18-19-38-2)22-30(36)34(20-24-14-16-26(32)17-15-24)21-25-23-39-28-12-10-9-11-27(28)31(25)37/h9-12,14-17,23H,3-8,13,18-22H2,1-2H3. The van der Waals surface area contributed by atoms with E-state index in [4.69, 9.17) is 9.15 Å². The van der Waals surface area contributed by atoms with E-state index in [9.17, 15) is 18.8 Å². The third-order valence-corrected chi connectivity index (χ3v) is 6.74. The number of amides is 2. The van der Waals surface area contributed by atoms with E-state index < -0.39 is 0 Å². The Morgan fingerprint density at radius 1 is 0.897 bits per heavy atom. The molecule has 3 aromatic rings. The van der Waals surface area contributed by atoms with E-state index >= 15 is 0 Å². The van der Waals surface area contributed by atoms with E-state index in [1.165, 1.54) is 41.0 Å². The largest absolute Gasteiger partial charge is 0.464 e. The summed E-state index contributed by atoms with van der Waals surface area (Å²) in [5.41, 5.74) is 1.28. The number of carbonyl (C=O) groups excluding carboxylic acids is 2. The molecule has 1 aromatic heterocycles. The van der Waals surface area contributed by atoms with Crippen LogP contribution in [0.5, 0.6) is 0 Å². The molecule has 0 atom stereocenters. The number of hydrogen-bond donors (Lipinski definition) is 0. The third-order valence-electron chi connectivity index (χ3n) is 6.74. The van der Waals surface area contributed by atoms with Gasteiger partial charge in [0.25, 0.3) is 0 Å². The highest BCUT2D eigenvalue weighted by molar-refractivity contribution is 5.85. The highest BCUT2D eigenvalue weighted by Gasteiger charge is 2.23. The van der Waals surface area contributed by atoms with E-state index in [2.05, 4.69) is 6.92 Å². The Hall–Kier alpha value is -3.52. The van der Waals surface area contributed by atoms with Crippen molar-refractivity contribution in [1.29, 1.82) is 0 Å². The van der Waals surface area contributed by atoms with Crippen LogP contribution in [0.4, 0.5) is 4.39 Å². The Labute approximate surface area is 229 Å². The van der Waals surface area contributed by atoms with E-state index in [0.717, 1.165) is 25.7 Å². The topological polar surface area (TPSA) is 80.1 Å². The second kappa shape index (κ2) is 15.8. The molecular formula is C31H39FN2O5. The lowest BCUT2D eigenvalue weighted by atomic mass is 10.1. The highest BCUT2D eigenvalue weighted by atomic mass is 19.1. The number of para-hydroxylation sites is 1. The van der Waals surface area contributed by atoms with E-state index in [0.29, 0.717) is 41.7 Å². The summed E-state index contributed by atoms with van der Waals surface area (Å²) in [5.74, 6) is -0.792. The molecule has 0 aliphatic rings. The van der Waals surface area contributed by atoms with Gasteiger partial charge in [-0.05, 0) is 36.2 Å². The molecule has 0 fully saturated rings. The SMILES string of the molecule is CCCCCCCCC(=O)N(CCOC)CC(=O)N(Cc1ccc(F)cc1)Cc1coc2ccccc2c1=O. The van der Waals surface area contributed by atoms with Gasteiger partial charge in [0.05, 0.1) is 36.9 Å². The van der Waals surface area contributed by atoms with Gasteiger partial charge < -0.3 is 19.0 Å². The summed E-state index contributed by atoms with van der Waals surface area (Å²) in [4.78, 5) is 42.8. The Balaban J connectivity index is 1.77. The molecule has 0 aliphatic carbocycles. The van der Waals surface area contributed by atoms with E-state index in [-0.39, 0.29) is 42.7 Å². The Morgan fingerprint density at radius 3 is 2.36 bits per heavy atom. The Kier molecular flexibility index (Phi) is 12.2. The quantitative estimate of drug-likeness (QED) is 0.219. The summed E-state index contributed by atoms with van der Waals surface area (Å²) in [6, 6.07) is 12.8. The number of methoxy groups -OCH3 is 1. The predicted octanol–water partition coefficient (Wildman–Crippen LogP) is 5.69. The zero-order valence-corrected chi connectivity index (χ0v) is 23.0. The minimum atomic E-state index is -0.377. The minimum Gasteiger partial charge on any atom is -0.464 e. The molecule has 3 rings (SSSR count). The molecule has 0 saturated carbocycles. The van der Waals surface area contributed by atoms with Crippen molar-refractivity contribution >= 4 is 22.8 Å². The summed E-state index contributed by atoms with van der Waals surface area (Å²) in [6.07, 6.45) is 8.13. The molecule has 2 aromatic carbocycles. The van der Waals surface area contributed by atoms with Gasteiger partial charge >= 0.3 is 0 Å². The molecule has 0 bridgehead atoms. The Morgan fingerprint density at radius 2 is 1.62 bits per heavy atom. The summed E-state index contributed by atoms with van der Waals surface area (Å²) in [6.45, 7) is 2.77. The molecular weight excluding hydrogens is 499 g/mol. The fourth-order valence-corrected chi connectivity index (χ4v) is 4.45. The van der Waals surface area contributed by atoms with Gasteiger partial charge in [-0.1, -0.05) is 63.3 Å². The fourth-order valence-electron chi connectivity index (χ4n) is 4.45. The third kappa shape index (κ3) is 9.32. The number of hydrogen-bond acceptors (Lipinski definition) is 5. The lowest BCUT2D eigenvalue weighted by molar-refractivity contribution is -0.141. The average Bonchev–Trinajstić information content (AvgIpc) is 2.95. The van der Waals surface area contributed by atoms with Crippen LogP contribution in [0.15, 0.2) is 64.0 Å². The molecule has 0 aliphatic heterocycles. The summed E-state index contributed by atoms with van der Waals surface area (Å²) in [5, 5.41) is 0.431. The minimum absolute atomic E-state index is 0.00683. The number of benzene rings is 2. The average molecular weight is 539 g/mol. The van der Waals surface area contributed by atoms with Crippen molar-refractivity contribution in [3.63, 3.8) is 0 Å². The van der Waals surface area contributed by atoms with Crippen LogP contribution in [-0.4, -0.2) is 48.4 Å². The fraction of sp³-hybridized carbons (Fsp3) is 0.452. The molecule has 0 N–H and O–H groups in total. The molecule has 210 valence electrons. The first-order valence-corrected chi connectivity index (χ1v) is 13.7. The second-order valence-corrected chi connectivity index (χ2v) is 9.79. The van der Waals surface area contributed by atoms with Crippen molar-refractivity contribution in [3.05, 3.63) is 82.0 Å². The van der Waals surface area contributed by atoms with Crippen molar-refractivity contribution in [3.8, 4) is 0 Å². The first kappa shape index (κ1) is 30.0. The van der Waals surface area contributed by atoms with Crippen molar-refractivity contribution in [2.75, 3.05) is 26.8 Å². The van der Waals surface area contributed by atoms with Gasteiger partial charge in [0.1, 0.15) is 11.4 Å². The first-order chi connectivity index (χ1) is 18.9. The van der Waals surface area contributed by atoms with Gasteiger partial charge in [0, 0.05) is 26.6 Å². The number of carbonyl (C=O) groups is 2. The van der Waals surface area contributed by atoms with Gasteiger partial charge in [-0.3, -0.25) is 14.4 Å². The lowest BCUT2D eigenvalue weighted by Crippen LogP contribution is -2.44. The number of halogens is 1. The van der Waals surface area contributed by atoms with Gasteiger partial charge in [0.15, 0.2) is 5.43 Å². The van der Waals surface area contributed by atoms with Crippen LogP contribution in [0.3, 0.4) is 0 Å². The second-order valence-electron chi connectivity index (χ2n) is 9.79. The molecule has 1 heterocycles. The number of unbranched alkanes of at least 4 members (excludes halogenated alkanes) is 5. The molecule has 39 heavy (non-hydrogen) atoms. The number of fused-ring (bicyclic) bond motifs is 1. The van der Waals surface area contributed by atoms with Crippen molar-refractivity contribution in [2.45, 2.75) is 65.0 Å². The molecule has 0 spiro atoms. The first-order valence-electron chi connectivity index (χ1n) is 13.7. The Bertz CT molecular complexity index is 1260. The van der Waals surface area contributed by atoms with E-state index in [1.54, 1.807) is 43.5 Å². The van der Waals surface area contributed by atoms with Crippen molar-refractivity contribution < 1.29 is 23.1 Å². The smallest absolute Gasteiger partial charge is 0.242 e. The molecule has 8 heteroatoms. The number of nitrogens with zero attached hydrogens (tertiary/aromatic N) is 2. The van der Waals surface area contributed by atoms with Crippen LogP contribution >= 0.6 is 0 Å². The van der Waals surface area contributed by atoms with Crippen molar-refractivity contribution in [1.82, 2.24) is 9.80 Å². The molecule has 0 saturated heterocycles. The van der Waals surface area contributed by atoms with Crippen LogP contribution in [0.2, 0.25) is 0 Å². The maximum absolute atomic E-state index is 13.6. The maximum atomic E-state index is 13.6. The number of ether oxygens (including phenoxy) is 1. The molecule has 7 nitrogen and oxygen atoms in total. The van der Waals surface area contributed by atoms with Crippen LogP contribution in [-0.2, 0) is 27.4 Å². The zero-order valence-electron chi connectivity index (χ0n) is 23.0. The zero-order chi connectivity index (χ0) is 28.0. The van der Waals surface area contributed by atoms with Crippen LogP contribution < -0.4 is 5.43 Å². The van der Waals surface area contributed by atoms with Crippen LogP contribution in [0, 0.1) is 5.82 Å². The molecule has 0 unspecified atom stereocenters. The summed E-state index contributed by atoms with van der Waals surface area (Å²) < 4.78 is 24.3. The molecule has 2 amide bonds. The predicted molar refractivity (Wildman–Crippen MR) is 150 cm³/mol. The van der Waals surface area contributed by atoms with Crippen molar-refractivity contribution in [2.24, 2.45) is 0 Å². The highest BCUT2D eigenvalue weighted by Crippen LogP contribution is 2.15. The lowest BCUT2D eigenvalue weighted by Gasteiger charge is -2.28. The normalized spacial score (nSPS) is 11.1. The van der Waals surface area contributed by atoms with Gasteiger partial charge in [-0.15, -0.1) is 0 Å².